The average molecular weight is 249 g/mol. The Morgan fingerprint density at radius 1 is 1.06 bits per heavy atom. The third-order valence-corrected chi connectivity index (χ3v) is 2.02. The van der Waals surface area contributed by atoms with E-state index in [4.69, 9.17) is 5.26 Å². The van der Waals surface area contributed by atoms with Gasteiger partial charge in [0, 0.05) is 6.42 Å². The molecule has 0 aliphatic heterocycles. The van der Waals surface area contributed by atoms with E-state index in [9.17, 15) is 26.3 Å². The topological polar surface area (TPSA) is 33.0 Å². The molecule has 0 N–H and O–H groups in total. The molecule has 0 bridgehead atoms. The molecule has 8 heteroatoms. The van der Waals surface area contributed by atoms with E-state index in [0.29, 0.717) is 6.26 Å². The number of rotatable bonds is 4. The first-order valence-corrected chi connectivity index (χ1v) is 4.33. The fraction of sp³-hybridized carbons (Fsp3) is 0.875. The van der Waals surface area contributed by atoms with Gasteiger partial charge in [-0.3, -0.25) is 0 Å². The molecule has 16 heavy (non-hydrogen) atoms. The summed E-state index contributed by atoms with van der Waals surface area (Å²) in [5, 5.41) is 7.96. The average Bonchev–Trinajstić information content (AvgIpc) is 2.08. The van der Waals surface area contributed by atoms with Crippen LogP contribution in [0.1, 0.15) is 26.2 Å². The fourth-order valence-corrected chi connectivity index (χ4v) is 1.11. The standard InChI is InChI=1S/C8H9F6NO/c1-2-3-4-6(16-5-15,7(9,10)11)8(12,13)14/h2-4H2,1H3. The molecule has 94 valence electrons. The van der Waals surface area contributed by atoms with Crippen LogP contribution in [0.3, 0.4) is 0 Å². The zero-order valence-electron chi connectivity index (χ0n) is 8.24. The third-order valence-electron chi connectivity index (χ3n) is 2.02. The molecule has 0 aliphatic rings. The van der Waals surface area contributed by atoms with Crippen LogP contribution in [0.15, 0.2) is 0 Å². The summed E-state index contributed by atoms with van der Waals surface area (Å²) in [4.78, 5) is 0. The van der Waals surface area contributed by atoms with Crippen molar-refractivity contribution in [3.8, 4) is 6.26 Å². The quantitative estimate of drug-likeness (QED) is 0.564. The van der Waals surface area contributed by atoms with Crippen molar-refractivity contribution in [3.05, 3.63) is 0 Å². The summed E-state index contributed by atoms with van der Waals surface area (Å²) >= 11 is 0. The lowest BCUT2D eigenvalue weighted by molar-refractivity contribution is -0.368. The van der Waals surface area contributed by atoms with E-state index < -0.39 is 24.4 Å². The largest absolute Gasteiger partial charge is 0.438 e. The number of nitriles is 1. The molecule has 0 aromatic carbocycles. The maximum absolute atomic E-state index is 12.4. The molecule has 0 fully saturated rings. The summed E-state index contributed by atoms with van der Waals surface area (Å²) in [6.45, 7) is 1.43. The maximum atomic E-state index is 12.4. The molecule has 0 aromatic heterocycles. The van der Waals surface area contributed by atoms with Gasteiger partial charge in [-0.25, -0.2) is 0 Å². The van der Waals surface area contributed by atoms with Gasteiger partial charge in [-0.05, 0) is 6.42 Å². The number of unbranched alkanes of at least 4 members (excludes halogenated alkanes) is 1. The van der Waals surface area contributed by atoms with Crippen molar-refractivity contribution in [1.82, 2.24) is 0 Å². The Balaban J connectivity index is 5.34. The molecule has 0 saturated heterocycles. The molecular formula is C8H9F6NO. The molecule has 0 rings (SSSR count). The highest BCUT2D eigenvalue weighted by molar-refractivity contribution is 4.97. The van der Waals surface area contributed by atoms with Gasteiger partial charge in [-0.1, -0.05) is 13.3 Å². The molecule has 0 heterocycles. The molecule has 2 nitrogen and oxygen atoms in total. The molecule has 0 saturated carbocycles. The number of alkyl halides is 6. The van der Waals surface area contributed by atoms with Crippen LogP contribution in [0.2, 0.25) is 0 Å². The molecule has 0 amide bonds. The van der Waals surface area contributed by atoms with Gasteiger partial charge in [0.25, 0.3) is 6.26 Å². The van der Waals surface area contributed by atoms with Crippen LogP contribution in [0.5, 0.6) is 0 Å². The summed E-state index contributed by atoms with van der Waals surface area (Å²) in [6.07, 6.45) is -12.4. The van der Waals surface area contributed by atoms with Crippen molar-refractivity contribution in [2.75, 3.05) is 0 Å². The van der Waals surface area contributed by atoms with E-state index in [1.807, 2.05) is 0 Å². The Labute approximate surface area is 87.8 Å². The monoisotopic (exact) mass is 249 g/mol. The number of hydrogen-bond acceptors (Lipinski definition) is 2. The highest BCUT2D eigenvalue weighted by atomic mass is 19.4. The lowest BCUT2D eigenvalue weighted by atomic mass is 9.95. The predicted molar refractivity (Wildman–Crippen MR) is 41.1 cm³/mol. The van der Waals surface area contributed by atoms with E-state index in [0.717, 1.165) is 0 Å². The second-order valence-corrected chi connectivity index (χ2v) is 3.12. The van der Waals surface area contributed by atoms with E-state index in [1.165, 1.54) is 6.92 Å². The van der Waals surface area contributed by atoms with E-state index in [-0.39, 0.29) is 12.8 Å². The van der Waals surface area contributed by atoms with Gasteiger partial charge in [0.1, 0.15) is 0 Å². The zero-order valence-corrected chi connectivity index (χ0v) is 8.24. The van der Waals surface area contributed by atoms with Crippen LogP contribution >= 0.6 is 0 Å². The van der Waals surface area contributed by atoms with Gasteiger partial charge in [-0.2, -0.15) is 31.6 Å². The van der Waals surface area contributed by atoms with Crippen molar-refractivity contribution >= 4 is 0 Å². The molecule has 0 unspecified atom stereocenters. The van der Waals surface area contributed by atoms with Crippen molar-refractivity contribution in [3.63, 3.8) is 0 Å². The second kappa shape index (κ2) is 4.80. The van der Waals surface area contributed by atoms with Crippen LogP contribution in [0.25, 0.3) is 0 Å². The van der Waals surface area contributed by atoms with Crippen LogP contribution in [0.4, 0.5) is 26.3 Å². The third kappa shape index (κ3) is 2.71. The minimum Gasteiger partial charge on any atom is -0.401 e. The molecule has 0 radical (unpaired) electrons. The Bertz CT molecular complexity index is 249. The van der Waals surface area contributed by atoms with Gasteiger partial charge in [0.2, 0.25) is 0 Å². The predicted octanol–water partition coefficient (Wildman–Crippen LogP) is 3.54. The first-order valence-electron chi connectivity index (χ1n) is 4.33. The minimum atomic E-state index is -5.67. The van der Waals surface area contributed by atoms with Crippen molar-refractivity contribution in [2.24, 2.45) is 0 Å². The number of ether oxygens (including phenoxy) is 1. The van der Waals surface area contributed by atoms with Crippen molar-refractivity contribution in [2.45, 2.75) is 44.1 Å². The van der Waals surface area contributed by atoms with Crippen LogP contribution in [0, 0.1) is 11.5 Å². The van der Waals surface area contributed by atoms with Crippen LogP contribution in [-0.2, 0) is 4.74 Å². The van der Waals surface area contributed by atoms with Gasteiger partial charge in [0.15, 0.2) is 0 Å². The zero-order chi connectivity index (χ0) is 13.0. The maximum Gasteiger partial charge on any atom is 0.438 e. The first kappa shape index (κ1) is 14.9. The van der Waals surface area contributed by atoms with E-state index in [1.54, 1.807) is 0 Å². The number of nitrogens with zero attached hydrogens (tertiary/aromatic N) is 1. The van der Waals surface area contributed by atoms with Crippen LogP contribution < -0.4 is 0 Å². The number of hydrogen-bond donors (Lipinski definition) is 0. The molecule has 0 aromatic rings. The minimum absolute atomic E-state index is 0.128. The summed E-state index contributed by atoms with van der Waals surface area (Å²) in [5.74, 6) is 0. The van der Waals surface area contributed by atoms with Crippen molar-refractivity contribution in [1.29, 1.82) is 5.26 Å². The van der Waals surface area contributed by atoms with Gasteiger partial charge < -0.3 is 4.74 Å². The van der Waals surface area contributed by atoms with Crippen LogP contribution in [-0.4, -0.2) is 18.0 Å². The summed E-state index contributed by atoms with van der Waals surface area (Å²) < 4.78 is 77.6. The highest BCUT2D eigenvalue weighted by Crippen LogP contribution is 2.48. The lowest BCUT2D eigenvalue weighted by Crippen LogP contribution is -2.58. The normalized spacial score (nSPS) is 13.4. The molecule has 0 aliphatic carbocycles. The van der Waals surface area contributed by atoms with Gasteiger partial charge >= 0.3 is 18.0 Å². The Morgan fingerprint density at radius 3 is 1.75 bits per heavy atom. The van der Waals surface area contributed by atoms with E-state index in [2.05, 4.69) is 4.74 Å². The fourth-order valence-electron chi connectivity index (χ4n) is 1.11. The summed E-state index contributed by atoms with van der Waals surface area (Å²) in [6, 6.07) is 0. The van der Waals surface area contributed by atoms with E-state index >= 15 is 0 Å². The van der Waals surface area contributed by atoms with Gasteiger partial charge in [-0.15, -0.1) is 0 Å². The first-order chi connectivity index (χ1) is 7.12. The van der Waals surface area contributed by atoms with Gasteiger partial charge in [0.05, 0.1) is 0 Å². The summed E-state index contributed by atoms with van der Waals surface area (Å²) in [7, 11) is 0. The lowest BCUT2D eigenvalue weighted by Gasteiger charge is -2.34. The Kier molecular flexibility index (Phi) is 4.46. The number of halogens is 6. The second-order valence-electron chi connectivity index (χ2n) is 3.12. The summed E-state index contributed by atoms with van der Waals surface area (Å²) in [5.41, 5.74) is -4.38. The Morgan fingerprint density at radius 2 is 1.50 bits per heavy atom. The highest BCUT2D eigenvalue weighted by Gasteiger charge is 2.73. The molecular weight excluding hydrogens is 240 g/mol. The van der Waals surface area contributed by atoms with Crippen molar-refractivity contribution < 1.29 is 31.1 Å². The molecule has 0 atom stereocenters. The Hall–Kier alpha value is -1.13. The SMILES string of the molecule is CCCCC(OC#N)(C(F)(F)F)C(F)(F)F. The smallest absolute Gasteiger partial charge is 0.401 e. The molecule has 0 spiro atoms.